The average molecular weight is 476 g/mol. The summed E-state index contributed by atoms with van der Waals surface area (Å²) < 4.78 is 0. The Hall–Kier alpha value is -3.06. The highest BCUT2D eigenvalue weighted by atomic mass is 14.9. The number of anilines is 2. The zero-order chi connectivity index (χ0) is 24.8. The summed E-state index contributed by atoms with van der Waals surface area (Å²) in [7, 11) is 0. The molecule has 0 radical (unpaired) electrons. The molecule has 4 aromatic carbocycles. The number of rotatable bonds is 12. The summed E-state index contributed by atoms with van der Waals surface area (Å²) >= 11 is 0. The van der Waals surface area contributed by atoms with Gasteiger partial charge in [0.2, 0.25) is 0 Å². The van der Waals surface area contributed by atoms with Crippen molar-refractivity contribution in [3.63, 3.8) is 0 Å². The number of nitrogens with one attached hydrogen (secondary N) is 1. The largest absolute Gasteiger partial charge is 0.355 e. The van der Waals surface area contributed by atoms with Crippen LogP contribution in [0.25, 0.3) is 21.9 Å². The van der Waals surface area contributed by atoms with Crippen LogP contribution in [0.2, 0.25) is 0 Å². The predicted molar refractivity (Wildman–Crippen MR) is 157 cm³/mol. The van der Waals surface area contributed by atoms with Gasteiger partial charge in [-0.2, -0.15) is 0 Å². The van der Waals surface area contributed by atoms with Gasteiger partial charge in [-0.25, -0.2) is 0 Å². The Morgan fingerprint density at radius 1 is 0.528 bits per heavy atom. The molecular weight excluding hydrogens is 434 g/mol. The monoisotopic (exact) mass is 475 g/mol. The second-order valence-corrected chi connectivity index (χ2v) is 10.7. The Kier molecular flexibility index (Phi) is 7.75. The highest BCUT2D eigenvalue weighted by molar-refractivity contribution is 5.87. The van der Waals surface area contributed by atoms with Gasteiger partial charge in [-0.05, 0) is 70.1 Å². The van der Waals surface area contributed by atoms with Gasteiger partial charge in [0.15, 0.2) is 0 Å². The molecule has 186 valence electrons. The van der Waals surface area contributed by atoms with Gasteiger partial charge in [0.1, 0.15) is 0 Å². The maximum atomic E-state index is 3.74. The second-order valence-electron chi connectivity index (χ2n) is 10.7. The Morgan fingerprint density at radius 2 is 1.14 bits per heavy atom. The summed E-state index contributed by atoms with van der Waals surface area (Å²) in [6, 6.07) is 31.6. The summed E-state index contributed by atoms with van der Waals surface area (Å²) in [5.74, 6) is 0. The zero-order valence-electron chi connectivity index (χ0n) is 22.2. The lowest BCUT2D eigenvalue weighted by Crippen LogP contribution is -2.25. The number of hydrogen-bond acceptors (Lipinski definition) is 1. The molecule has 0 aromatic heterocycles. The molecule has 1 heteroatoms. The molecule has 1 aliphatic carbocycles. The molecule has 0 aliphatic heterocycles. The molecule has 1 aliphatic rings. The van der Waals surface area contributed by atoms with E-state index in [9.17, 15) is 0 Å². The van der Waals surface area contributed by atoms with E-state index < -0.39 is 0 Å². The van der Waals surface area contributed by atoms with Crippen molar-refractivity contribution in [2.45, 2.75) is 83.5 Å². The molecule has 0 spiro atoms. The van der Waals surface area contributed by atoms with Crippen LogP contribution in [-0.2, 0) is 5.41 Å². The van der Waals surface area contributed by atoms with Crippen molar-refractivity contribution in [3.8, 4) is 11.1 Å². The molecule has 5 rings (SSSR count). The van der Waals surface area contributed by atoms with Crippen molar-refractivity contribution in [2.24, 2.45) is 0 Å². The molecule has 0 atom stereocenters. The van der Waals surface area contributed by atoms with Gasteiger partial charge in [-0.3, -0.25) is 0 Å². The third kappa shape index (κ3) is 4.94. The van der Waals surface area contributed by atoms with E-state index in [1.54, 1.807) is 11.1 Å². The molecular formula is C35H41N. The van der Waals surface area contributed by atoms with Gasteiger partial charge in [-0.15, -0.1) is 0 Å². The van der Waals surface area contributed by atoms with Gasteiger partial charge < -0.3 is 5.32 Å². The molecule has 1 N–H and O–H groups in total. The van der Waals surface area contributed by atoms with E-state index in [-0.39, 0.29) is 5.41 Å². The minimum absolute atomic E-state index is 0.133. The van der Waals surface area contributed by atoms with Gasteiger partial charge in [0.05, 0.1) is 0 Å². The summed E-state index contributed by atoms with van der Waals surface area (Å²) in [5.41, 5.74) is 8.49. The fourth-order valence-electron chi connectivity index (χ4n) is 6.34. The van der Waals surface area contributed by atoms with Crippen LogP contribution in [0.5, 0.6) is 0 Å². The minimum Gasteiger partial charge on any atom is -0.355 e. The highest BCUT2D eigenvalue weighted by Gasteiger charge is 2.42. The van der Waals surface area contributed by atoms with Crippen LogP contribution >= 0.6 is 0 Å². The van der Waals surface area contributed by atoms with Crippen LogP contribution in [0.3, 0.4) is 0 Å². The number of benzene rings is 4. The van der Waals surface area contributed by atoms with E-state index in [0.717, 1.165) is 5.69 Å². The first-order valence-electron chi connectivity index (χ1n) is 14.3. The van der Waals surface area contributed by atoms with Crippen molar-refractivity contribution in [1.82, 2.24) is 0 Å². The van der Waals surface area contributed by atoms with E-state index in [1.807, 2.05) is 0 Å². The van der Waals surface area contributed by atoms with Crippen LogP contribution in [0.1, 0.15) is 89.2 Å². The molecule has 0 amide bonds. The lowest BCUT2D eigenvalue weighted by Gasteiger charge is -2.33. The van der Waals surface area contributed by atoms with Crippen molar-refractivity contribution in [2.75, 3.05) is 5.32 Å². The van der Waals surface area contributed by atoms with E-state index in [0.29, 0.717) is 0 Å². The second kappa shape index (κ2) is 11.3. The summed E-state index contributed by atoms with van der Waals surface area (Å²) in [6.45, 7) is 4.62. The van der Waals surface area contributed by atoms with Crippen LogP contribution in [0.15, 0.2) is 84.9 Å². The first-order chi connectivity index (χ1) is 17.7. The maximum absolute atomic E-state index is 3.74. The minimum atomic E-state index is 0.133. The van der Waals surface area contributed by atoms with Crippen molar-refractivity contribution in [1.29, 1.82) is 0 Å². The highest BCUT2D eigenvalue weighted by Crippen LogP contribution is 2.54. The molecule has 0 fully saturated rings. The average Bonchev–Trinajstić information content (AvgIpc) is 3.18. The first kappa shape index (κ1) is 24.6. The van der Waals surface area contributed by atoms with Crippen molar-refractivity contribution >= 4 is 22.1 Å². The number of fused-ring (bicyclic) bond motifs is 4. The van der Waals surface area contributed by atoms with E-state index in [1.165, 1.54) is 91.8 Å². The lowest BCUT2D eigenvalue weighted by molar-refractivity contribution is 0.401. The Morgan fingerprint density at radius 3 is 1.89 bits per heavy atom. The summed E-state index contributed by atoms with van der Waals surface area (Å²) in [4.78, 5) is 0. The Bertz CT molecular complexity index is 1290. The normalized spacial score (nSPS) is 13.5. The van der Waals surface area contributed by atoms with Crippen LogP contribution < -0.4 is 5.32 Å². The molecule has 0 saturated heterocycles. The zero-order valence-corrected chi connectivity index (χ0v) is 22.2. The predicted octanol–water partition coefficient (Wildman–Crippen LogP) is 10.8. The van der Waals surface area contributed by atoms with Crippen molar-refractivity contribution < 1.29 is 0 Å². The quantitative estimate of drug-likeness (QED) is 0.201. The molecule has 0 saturated carbocycles. The van der Waals surface area contributed by atoms with Crippen LogP contribution in [0, 0.1) is 0 Å². The third-order valence-corrected chi connectivity index (χ3v) is 8.22. The summed E-state index contributed by atoms with van der Waals surface area (Å²) in [5, 5.41) is 6.30. The molecule has 1 nitrogen and oxygen atoms in total. The molecule has 4 aromatic rings. The molecule has 0 unspecified atom stereocenters. The number of unbranched alkanes of at least 4 members (excludes halogenated alkanes) is 6. The van der Waals surface area contributed by atoms with Gasteiger partial charge in [-0.1, -0.05) is 126 Å². The SMILES string of the molecule is CCCCCCC1(CCCCCC)c2ccccc2-c2ccc(Nc3ccc4ccccc4c3)cc21. The van der Waals surface area contributed by atoms with E-state index >= 15 is 0 Å². The van der Waals surface area contributed by atoms with Crippen LogP contribution in [0.4, 0.5) is 11.4 Å². The fourth-order valence-corrected chi connectivity index (χ4v) is 6.34. The molecule has 36 heavy (non-hydrogen) atoms. The van der Waals surface area contributed by atoms with Gasteiger partial charge in [0, 0.05) is 16.8 Å². The maximum Gasteiger partial charge on any atom is 0.0390 e. The van der Waals surface area contributed by atoms with Crippen molar-refractivity contribution in [3.05, 3.63) is 96.1 Å². The first-order valence-corrected chi connectivity index (χ1v) is 14.3. The fraction of sp³-hybridized carbons (Fsp3) is 0.371. The van der Waals surface area contributed by atoms with E-state index in [4.69, 9.17) is 0 Å². The summed E-state index contributed by atoms with van der Waals surface area (Å²) in [6.07, 6.45) is 13.0. The lowest BCUT2D eigenvalue weighted by atomic mass is 9.70. The van der Waals surface area contributed by atoms with Gasteiger partial charge >= 0.3 is 0 Å². The third-order valence-electron chi connectivity index (χ3n) is 8.22. The smallest absolute Gasteiger partial charge is 0.0390 e. The van der Waals surface area contributed by atoms with Gasteiger partial charge in [0.25, 0.3) is 0 Å². The standard InChI is InChI=1S/C35H41N/c1-3-5-7-13-23-35(24-14-8-6-4-2)33-18-12-11-17-31(33)32-22-21-30(26-34(32)35)36-29-20-19-27-15-9-10-16-28(27)25-29/h9-12,15-22,25-26,36H,3-8,13-14,23-24H2,1-2H3. The van der Waals surface area contributed by atoms with Crippen LogP contribution in [-0.4, -0.2) is 0 Å². The topological polar surface area (TPSA) is 12.0 Å². The Balaban J connectivity index is 1.51. The molecule has 0 bridgehead atoms. The molecule has 0 heterocycles. The number of hydrogen-bond donors (Lipinski definition) is 1. The Labute approximate surface area is 218 Å². The van der Waals surface area contributed by atoms with E-state index in [2.05, 4.69) is 104 Å².